The van der Waals surface area contributed by atoms with Gasteiger partial charge in [0, 0.05) is 13.7 Å². The summed E-state index contributed by atoms with van der Waals surface area (Å²) in [5.74, 6) is 2.43. The first-order chi connectivity index (χ1) is 9.25. The van der Waals surface area contributed by atoms with Crippen LogP contribution in [0.2, 0.25) is 0 Å². The Hall–Kier alpha value is -0.940. The lowest BCUT2D eigenvalue weighted by molar-refractivity contribution is -0.0527. The van der Waals surface area contributed by atoms with Crippen molar-refractivity contribution in [3.63, 3.8) is 0 Å². The summed E-state index contributed by atoms with van der Waals surface area (Å²) in [6, 6.07) is 0. The summed E-state index contributed by atoms with van der Waals surface area (Å²) in [6.45, 7) is 4.18. The van der Waals surface area contributed by atoms with Gasteiger partial charge in [0.05, 0.1) is 5.92 Å². The first-order valence-electron chi connectivity index (χ1n) is 7.35. The molecule has 0 radical (unpaired) electrons. The minimum Gasteiger partial charge on any atom is -0.370 e. The summed E-state index contributed by atoms with van der Waals surface area (Å²) in [4.78, 5) is 4.67. The highest BCUT2D eigenvalue weighted by atomic mass is 16.5. The van der Waals surface area contributed by atoms with Crippen LogP contribution in [0.4, 0.5) is 0 Å². The van der Waals surface area contributed by atoms with Crippen LogP contribution in [-0.4, -0.2) is 30.3 Å². The highest BCUT2D eigenvalue weighted by molar-refractivity contribution is 5.07. The van der Waals surface area contributed by atoms with E-state index in [1.165, 1.54) is 19.3 Å². The van der Waals surface area contributed by atoms with E-state index >= 15 is 0 Å². The Bertz CT molecular complexity index is 426. The van der Waals surface area contributed by atoms with Crippen molar-refractivity contribution in [2.24, 2.45) is 5.92 Å². The monoisotopic (exact) mass is 265 g/mol. The molecule has 0 amide bonds. The summed E-state index contributed by atoms with van der Waals surface area (Å²) in [5.41, 5.74) is -0.310. The number of hydrogen-bond acceptors (Lipinski definition) is 5. The van der Waals surface area contributed by atoms with Crippen molar-refractivity contribution in [3.05, 3.63) is 11.7 Å². The molecule has 1 aromatic heterocycles. The molecule has 19 heavy (non-hydrogen) atoms. The van der Waals surface area contributed by atoms with Gasteiger partial charge >= 0.3 is 0 Å². The van der Waals surface area contributed by atoms with Crippen LogP contribution < -0.4 is 5.32 Å². The Labute approximate surface area is 114 Å². The van der Waals surface area contributed by atoms with Crippen LogP contribution in [-0.2, 0) is 10.3 Å². The summed E-state index contributed by atoms with van der Waals surface area (Å²) >= 11 is 0. The minimum absolute atomic E-state index is 0.310. The molecule has 1 N–H and O–H groups in total. The Morgan fingerprint density at radius 2 is 2.05 bits per heavy atom. The molecule has 5 nitrogen and oxygen atoms in total. The fourth-order valence-electron chi connectivity index (χ4n) is 3.35. The molecule has 1 aliphatic heterocycles. The van der Waals surface area contributed by atoms with Crippen LogP contribution >= 0.6 is 0 Å². The summed E-state index contributed by atoms with van der Waals surface area (Å²) < 4.78 is 11.3. The van der Waals surface area contributed by atoms with E-state index in [4.69, 9.17) is 9.26 Å². The highest BCUT2D eigenvalue weighted by Crippen LogP contribution is 2.39. The zero-order valence-electron chi connectivity index (χ0n) is 11.8. The van der Waals surface area contributed by atoms with Crippen molar-refractivity contribution in [2.45, 2.75) is 50.5 Å². The van der Waals surface area contributed by atoms with Crippen LogP contribution in [0.15, 0.2) is 4.52 Å². The maximum Gasteiger partial charge on any atom is 0.231 e. The molecule has 2 atom stereocenters. The highest BCUT2D eigenvalue weighted by Gasteiger charge is 2.40. The summed E-state index contributed by atoms with van der Waals surface area (Å²) in [7, 11) is 1.76. The van der Waals surface area contributed by atoms with Gasteiger partial charge in [0.25, 0.3) is 0 Å². The predicted octanol–water partition coefficient (Wildman–Crippen LogP) is 2.20. The molecule has 5 heteroatoms. The van der Waals surface area contributed by atoms with E-state index in [-0.39, 0.29) is 5.60 Å². The van der Waals surface area contributed by atoms with Crippen molar-refractivity contribution >= 4 is 0 Å². The van der Waals surface area contributed by atoms with E-state index in [0.29, 0.717) is 11.8 Å². The number of hydrogen-bond donors (Lipinski definition) is 1. The van der Waals surface area contributed by atoms with Gasteiger partial charge in [-0.15, -0.1) is 0 Å². The maximum atomic E-state index is 5.77. The van der Waals surface area contributed by atoms with Crippen LogP contribution in [0.1, 0.15) is 56.7 Å². The van der Waals surface area contributed by atoms with Crippen molar-refractivity contribution in [2.75, 3.05) is 20.2 Å². The van der Waals surface area contributed by atoms with Crippen LogP contribution in [0.3, 0.4) is 0 Å². The SMILES string of the molecule is COC1(c2noc(C3CNCC3C)n2)CCCCC1. The Balaban J connectivity index is 1.83. The van der Waals surface area contributed by atoms with Crippen molar-refractivity contribution < 1.29 is 9.26 Å². The van der Waals surface area contributed by atoms with Crippen molar-refractivity contribution in [1.82, 2.24) is 15.5 Å². The molecule has 2 fully saturated rings. The Morgan fingerprint density at radius 1 is 1.26 bits per heavy atom. The molecular formula is C14H23N3O2. The average molecular weight is 265 g/mol. The number of rotatable bonds is 3. The van der Waals surface area contributed by atoms with E-state index in [9.17, 15) is 0 Å². The van der Waals surface area contributed by atoms with Crippen LogP contribution in [0.5, 0.6) is 0 Å². The van der Waals surface area contributed by atoms with Crippen LogP contribution in [0.25, 0.3) is 0 Å². The Kier molecular flexibility index (Phi) is 3.58. The molecule has 2 unspecified atom stereocenters. The quantitative estimate of drug-likeness (QED) is 0.908. The fraction of sp³-hybridized carbons (Fsp3) is 0.857. The van der Waals surface area contributed by atoms with Gasteiger partial charge < -0.3 is 14.6 Å². The summed E-state index contributed by atoms with van der Waals surface area (Å²) in [6.07, 6.45) is 5.64. The smallest absolute Gasteiger partial charge is 0.231 e. The molecule has 0 spiro atoms. The van der Waals surface area contributed by atoms with Crippen molar-refractivity contribution in [1.29, 1.82) is 0 Å². The molecule has 1 saturated carbocycles. The van der Waals surface area contributed by atoms with Gasteiger partial charge in [-0.25, -0.2) is 0 Å². The second kappa shape index (κ2) is 5.21. The molecule has 3 rings (SSSR count). The van der Waals surface area contributed by atoms with E-state index in [1.54, 1.807) is 7.11 Å². The van der Waals surface area contributed by atoms with Gasteiger partial charge in [-0.2, -0.15) is 4.98 Å². The van der Waals surface area contributed by atoms with Gasteiger partial charge in [-0.3, -0.25) is 0 Å². The Morgan fingerprint density at radius 3 is 2.68 bits per heavy atom. The molecular weight excluding hydrogens is 242 g/mol. The lowest BCUT2D eigenvalue weighted by atomic mass is 9.84. The van der Waals surface area contributed by atoms with Gasteiger partial charge in [-0.1, -0.05) is 31.3 Å². The first-order valence-corrected chi connectivity index (χ1v) is 7.35. The molecule has 2 heterocycles. The van der Waals surface area contributed by atoms with Crippen LogP contribution in [0, 0.1) is 5.92 Å². The van der Waals surface area contributed by atoms with Gasteiger partial charge in [0.15, 0.2) is 0 Å². The van der Waals surface area contributed by atoms with E-state index in [1.807, 2.05) is 0 Å². The van der Waals surface area contributed by atoms with E-state index < -0.39 is 0 Å². The van der Waals surface area contributed by atoms with Crippen molar-refractivity contribution in [3.8, 4) is 0 Å². The first kappa shape index (κ1) is 13.1. The van der Waals surface area contributed by atoms with E-state index in [2.05, 4.69) is 22.4 Å². The molecule has 1 aliphatic carbocycles. The number of ether oxygens (including phenoxy) is 1. The maximum absolute atomic E-state index is 5.77. The molecule has 0 aromatic carbocycles. The van der Waals surface area contributed by atoms with Gasteiger partial charge in [-0.05, 0) is 25.3 Å². The molecule has 0 bridgehead atoms. The second-order valence-corrected chi connectivity index (χ2v) is 5.96. The number of methoxy groups -OCH3 is 1. The molecule has 106 valence electrons. The fourth-order valence-corrected chi connectivity index (χ4v) is 3.35. The standard InChI is InChI=1S/C14H23N3O2/c1-10-8-15-9-11(10)12-16-13(17-19-12)14(18-2)6-4-3-5-7-14/h10-11,15H,3-9H2,1-2H3. The minimum atomic E-state index is -0.310. The third-order valence-corrected chi connectivity index (χ3v) is 4.74. The topological polar surface area (TPSA) is 60.2 Å². The lowest BCUT2D eigenvalue weighted by Crippen LogP contribution is -2.32. The number of aromatic nitrogens is 2. The number of nitrogens with one attached hydrogen (secondary N) is 1. The average Bonchev–Trinajstić information content (AvgIpc) is 3.08. The predicted molar refractivity (Wildman–Crippen MR) is 70.8 cm³/mol. The molecule has 1 saturated heterocycles. The molecule has 2 aliphatic rings. The summed E-state index contributed by atoms with van der Waals surface area (Å²) in [5, 5.41) is 7.60. The second-order valence-electron chi connectivity index (χ2n) is 5.96. The third kappa shape index (κ3) is 2.30. The number of nitrogens with zero attached hydrogens (tertiary/aromatic N) is 2. The third-order valence-electron chi connectivity index (χ3n) is 4.74. The normalized spacial score (nSPS) is 30.6. The lowest BCUT2D eigenvalue weighted by Gasteiger charge is -2.32. The van der Waals surface area contributed by atoms with E-state index in [0.717, 1.165) is 37.6 Å². The zero-order chi connectivity index (χ0) is 13.3. The van der Waals surface area contributed by atoms with Gasteiger partial charge in [0.2, 0.25) is 11.7 Å². The zero-order valence-corrected chi connectivity index (χ0v) is 11.8. The molecule has 1 aromatic rings. The van der Waals surface area contributed by atoms with Gasteiger partial charge in [0.1, 0.15) is 5.60 Å². The largest absolute Gasteiger partial charge is 0.370 e.